The van der Waals surface area contributed by atoms with Gasteiger partial charge in [0.15, 0.2) is 0 Å². The summed E-state index contributed by atoms with van der Waals surface area (Å²) >= 11 is 0. The zero-order chi connectivity index (χ0) is 14.3. The topological polar surface area (TPSA) is 55.6 Å². The van der Waals surface area contributed by atoms with Gasteiger partial charge < -0.3 is 10.5 Å². The van der Waals surface area contributed by atoms with Crippen molar-refractivity contribution < 1.29 is 9.53 Å². The third kappa shape index (κ3) is 2.08. The summed E-state index contributed by atoms with van der Waals surface area (Å²) in [5, 5.41) is 0. The SMILES string of the molecule is COC(=O)[C@@H]1C2CCC(C[C@@H]1c1ccc(N)cc1)N2C. The molecule has 2 heterocycles. The Labute approximate surface area is 119 Å². The monoisotopic (exact) mass is 274 g/mol. The molecule has 2 N–H and O–H groups in total. The smallest absolute Gasteiger partial charge is 0.310 e. The molecule has 2 unspecified atom stereocenters. The van der Waals surface area contributed by atoms with Gasteiger partial charge in [0, 0.05) is 23.7 Å². The van der Waals surface area contributed by atoms with Gasteiger partial charge in [0.2, 0.25) is 0 Å². The number of fused-ring (bicyclic) bond motifs is 2. The van der Waals surface area contributed by atoms with E-state index < -0.39 is 0 Å². The molecule has 4 atom stereocenters. The van der Waals surface area contributed by atoms with Gasteiger partial charge >= 0.3 is 5.97 Å². The number of hydrogen-bond acceptors (Lipinski definition) is 4. The molecule has 108 valence electrons. The van der Waals surface area contributed by atoms with Crippen LogP contribution in [0.5, 0.6) is 0 Å². The van der Waals surface area contributed by atoms with Crippen LogP contribution >= 0.6 is 0 Å². The van der Waals surface area contributed by atoms with Crippen molar-refractivity contribution in [3.63, 3.8) is 0 Å². The highest BCUT2D eigenvalue weighted by Gasteiger charge is 2.49. The number of carbonyl (C=O) groups is 1. The van der Waals surface area contributed by atoms with Crippen LogP contribution < -0.4 is 5.73 Å². The van der Waals surface area contributed by atoms with Crippen LogP contribution in [0.1, 0.15) is 30.7 Å². The van der Waals surface area contributed by atoms with E-state index in [1.165, 1.54) is 19.1 Å². The average Bonchev–Trinajstić information content (AvgIpc) is 2.70. The molecule has 0 saturated carbocycles. The molecule has 4 heteroatoms. The van der Waals surface area contributed by atoms with E-state index in [0.717, 1.165) is 18.5 Å². The largest absolute Gasteiger partial charge is 0.469 e. The van der Waals surface area contributed by atoms with E-state index in [0.29, 0.717) is 12.1 Å². The molecule has 3 rings (SSSR count). The highest BCUT2D eigenvalue weighted by molar-refractivity contribution is 5.75. The molecule has 2 saturated heterocycles. The molecule has 0 aromatic heterocycles. The van der Waals surface area contributed by atoms with Crippen LogP contribution in [0.15, 0.2) is 24.3 Å². The lowest BCUT2D eigenvalue weighted by molar-refractivity contribution is -0.150. The maximum absolute atomic E-state index is 12.3. The van der Waals surface area contributed by atoms with Crippen LogP contribution in [0, 0.1) is 5.92 Å². The van der Waals surface area contributed by atoms with Crippen molar-refractivity contribution in [3.8, 4) is 0 Å². The van der Waals surface area contributed by atoms with E-state index in [4.69, 9.17) is 10.5 Å². The van der Waals surface area contributed by atoms with Crippen LogP contribution in [-0.2, 0) is 9.53 Å². The van der Waals surface area contributed by atoms with Crippen molar-refractivity contribution >= 4 is 11.7 Å². The standard InChI is InChI=1S/C16H22N2O2/c1-18-12-7-8-14(18)15(16(19)20-2)13(9-12)10-3-5-11(17)6-4-10/h3-6,12-15H,7-9,17H2,1-2H3/t12?,13-,14?,15+/m1/s1. The molecule has 0 spiro atoms. The van der Waals surface area contributed by atoms with E-state index in [1.54, 1.807) is 0 Å². The maximum atomic E-state index is 12.3. The number of nitrogens with two attached hydrogens (primary N) is 1. The van der Waals surface area contributed by atoms with E-state index in [1.807, 2.05) is 12.1 Å². The number of hydrogen-bond donors (Lipinski definition) is 1. The van der Waals surface area contributed by atoms with Gasteiger partial charge in [-0.15, -0.1) is 0 Å². The third-order valence-electron chi connectivity index (χ3n) is 5.11. The lowest BCUT2D eigenvalue weighted by Gasteiger charge is -2.41. The van der Waals surface area contributed by atoms with Crippen molar-refractivity contribution in [2.75, 3.05) is 19.9 Å². The zero-order valence-electron chi connectivity index (χ0n) is 12.1. The first kappa shape index (κ1) is 13.4. The number of esters is 1. The predicted molar refractivity (Wildman–Crippen MR) is 78.3 cm³/mol. The van der Waals surface area contributed by atoms with Crippen molar-refractivity contribution in [3.05, 3.63) is 29.8 Å². The molecule has 2 fully saturated rings. The van der Waals surface area contributed by atoms with Gasteiger partial charge in [0.1, 0.15) is 0 Å². The Balaban J connectivity index is 1.95. The highest BCUT2D eigenvalue weighted by atomic mass is 16.5. The molecule has 0 aliphatic carbocycles. The van der Waals surface area contributed by atoms with Crippen molar-refractivity contribution in [2.24, 2.45) is 5.92 Å². The summed E-state index contributed by atoms with van der Waals surface area (Å²) in [6.07, 6.45) is 3.29. The highest BCUT2D eigenvalue weighted by Crippen LogP contribution is 2.46. The lowest BCUT2D eigenvalue weighted by atomic mass is 9.76. The second-order valence-electron chi connectivity index (χ2n) is 6.02. The Bertz CT molecular complexity index is 500. The Morgan fingerprint density at radius 1 is 1.30 bits per heavy atom. The van der Waals surface area contributed by atoms with Gasteiger partial charge in [-0.05, 0) is 44.0 Å². The summed E-state index contributed by atoms with van der Waals surface area (Å²) in [7, 11) is 3.63. The van der Waals surface area contributed by atoms with E-state index in [-0.39, 0.29) is 17.8 Å². The Hall–Kier alpha value is -1.55. The van der Waals surface area contributed by atoms with Crippen LogP contribution in [0.4, 0.5) is 5.69 Å². The number of rotatable bonds is 2. The Kier molecular flexibility index (Phi) is 3.42. The zero-order valence-corrected chi connectivity index (χ0v) is 12.1. The normalized spacial score (nSPS) is 33.1. The summed E-state index contributed by atoms with van der Waals surface area (Å²) in [6.45, 7) is 0. The lowest BCUT2D eigenvalue weighted by Crippen LogP contribution is -2.49. The summed E-state index contributed by atoms with van der Waals surface area (Å²) in [5.74, 6) is 0.105. The number of benzene rings is 1. The molecule has 2 aliphatic heterocycles. The summed E-state index contributed by atoms with van der Waals surface area (Å²) < 4.78 is 5.07. The van der Waals surface area contributed by atoms with E-state index in [9.17, 15) is 4.79 Å². The van der Waals surface area contributed by atoms with Gasteiger partial charge in [0.25, 0.3) is 0 Å². The minimum atomic E-state index is -0.0796. The van der Waals surface area contributed by atoms with Crippen molar-refractivity contribution in [1.82, 2.24) is 4.90 Å². The quantitative estimate of drug-likeness (QED) is 0.662. The first-order chi connectivity index (χ1) is 9.61. The molecule has 1 aromatic rings. The van der Waals surface area contributed by atoms with E-state index >= 15 is 0 Å². The van der Waals surface area contributed by atoms with Gasteiger partial charge in [0.05, 0.1) is 13.0 Å². The Morgan fingerprint density at radius 3 is 2.65 bits per heavy atom. The molecule has 0 amide bonds. The van der Waals surface area contributed by atoms with Crippen molar-refractivity contribution in [1.29, 1.82) is 0 Å². The van der Waals surface area contributed by atoms with Gasteiger partial charge in [-0.2, -0.15) is 0 Å². The molecule has 20 heavy (non-hydrogen) atoms. The molecular formula is C16H22N2O2. The number of nitrogens with zero attached hydrogens (tertiary/aromatic N) is 1. The number of methoxy groups -OCH3 is 1. The fourth-order valence-electron chi connectivity index (χ4n) is 4.01. The minimum absolute atomic E-state index is 0.0626. The fraction of sp³-hybridized carbons (Fsp3) is 0.562. The first-order valence-electron chi connectivity index (χ1n) is 7.27. The summed E-state index contributed by atoms with van der Waals surface area (Å²) in [6, 6.07) is 8.85. The third-order valence-corrected chi connectivity index (χ3v) is 5.11. The molecule has 2 aliphatic rings. The molecule has 1 aromatic carbocycles. The van der Waals surface area contributed by atoms with Crippen LogP contribution in [0.3, 0.4) is 0 Å². The van der Waals surface area contributed by atoms with Gasteiger partial charge in [-0.3, -0.25) is 9.69 Å². The van der Waals surface area contributed by atoms with Crippen LogP contribution in [0.2, 0.25) is 0 Å². The number of anilines is 1. The molecule has 0 radical (unpaired) electrons. The predicted octanol–water partition coefficient (Wildman–Crippen LogP) is 2.01. The van der Waals surface area contributed by atoms with E-state index in [2.05, 4.69) is 24.1 Å². The number of ether oxygens (including phenoxy) is 1. The second kappa shape index (κ2) is 5.09. The number of carbonyl (C=O) groups excluding carboxylic acids is 1. The average molecular weight is 274 g/mol. The molecule has 4 nitrogen and oxygen atoms in total. The fourth-order valence-corrected chi connectivity index (χ4v) is 4.01. The molecular weight excluding hydrogens is 252 g/mol. The van der Waals surface area contributed by atoms with Gasteiger partial charge in [-0.25, -0.2) is 0 Å². The number of nitrogen functional groups attached to an aromatic ring is 1. The maximum Gasteiger partial charge on any atom is 0.310 e. The summed E-state index contributed by atoms with van der Waals surface area (Å²) in [5.41, 5.74) is 7.74. The molecule has 2 bridgehead atoms. The number of piperidine rings is 1. The minimum Gasteiger partial charge on any atom is -0.469 e. The second-order valence-corrected chi connectivity index (χ2v) is 6.02. The summed E-state index contributed by atoms with van der Waals surface area (Å²) in [4.78, 5) is 14.6. The first-order valence-corrected chi connectivity index (χ1v) is 7.27. The van der Waals surface area contributed by atoms with Crippen LogP contribution in [-0.4, -0.2) is 37.1 Å². The van der Waals surface area contributed by atoms with Crippen molar-refractivity contribution in [2.45, 2.75) is 37.3 Å². The van der Waals surface area contributed by atoms with Gasteiger partial charge in [-0.1, -0.05) is 12.1 Å². The van der Waals surface area contributed by atoms with Crippen LogP contribution in [0.25, 0.3) is 0 Å². The Morgan fingerprint density at radius 2 is 2.00 bits per heavy atom.